The molecule has 0 aromatic heterocycles. The van der Waals surface area contributed by atoms with Gasteiger partial charge in [-0.3, -0.25) is 25.8 Å². The lowest BCUT2D eigenvalue weighted by molar-refractivity contribution is -0.384. The Hall–Kier alpha value is -4.08. The van der Waals surface area contributed by atoms with Gasteiger partial charge in [-0.25, -0.2) is 0 Å². The number of benzene rings is 3. The summed E-state index contributed by atoms with van der Waals surface area (Å²) in [5.74, 6) is 0.0800. The molecular weight excluding hydrogens is 415 g/mol. The van der Waals surface area contributed by atoms with Gasteiger partial charge in [0, 0.05) is 11.6 Å². The van der Waals surface area contributed by atoms with Gasteiger partial charge in [-0.2, -0.15) is 13.2 Å². The molecule has 2 N–H and O–H groups in total. The Morgan fingerprint density at radius 3 is 2.29 bits per heavy atom. The van der Waals surface area contributed by atoms with Crippen LogP contribution in [-0.4, -0.2) is 10.8 Å². The van der Waals surface area contributed by atoms with Gasteiger partial charge >= 0.3 is 6.18 Å². The Morgan fingerprint density at radius 2 is 1.68 bits per heavy atom. The molecule has 0 fully saturated rings. The minimum atomic E-state index is -4.72. The van der Waals surface area contributed by atoms with Crippen molar-refractivity contribution in [2.24, 2.45) is 0 Å². The highest BCUT2D eigenvalue weighted by Gasteiger charge is 2.33. The lowest BCUT2D eigenvalue weighted by atomic mass is 10.1. The molecule has 3 aromatic rings. The van der Waals surface area contributed by atoms with Gasteiger partial charge in [-0.15, -0.1) is 0 Å². The third-order valence-electron chi connectivity index (χ3n) is 4.20. The summed E-state index contributed by atoms with van der Waals surface area (Å²) in [6.07, 6.45) is -4.72. The third kappa shape index (κ3) is 5.72. The standard InChI is InChI=1S/C21H16F3N3O4/c22-21(23,24)16-10-11-18(19(12-16)27(29)30)25-26-20(28)15-8-6-14(7-9-15)13-31-17-4-2-1-3-5-17/h1-12,25H,13H2,(H,26,28). The number of rotatable bonds is 7. The number of amides is 1. The van der Waals surface area contributed by atoms with Crippen molar-refractivity contribution >= 4 is 17.3 Å². The number of carbonyl (C=O) groups excluding carboxylic acids is 1. The van der Waals surface area contributed by atoms with Crippen LogP contribution in [0.15, 0.2) is 72.8 Å². The average Bonchev–Trinajstić information content (AvgIpc) is 2.76. The summed E-state index contributed by atoms with van der Waals surface area (Å²) in [5, 5.41) is 11.1. The van der Waals surface area contributed by atoms with Crippen molar-refractivity contribution in [3.63, 3.8) is 0 Å². The van der Waals surface area contributed by atoms with Gasteiger partial charge in [0.1, 0.15) is 18.0 Å². The number of hydrazine groups is 1. The summed E-state index contributed by atoms with van der Waals surface area (Å²) < 4.78 is 43.9. The highest BCUT2D eigenvalue weighted by Crippen LogP contribution is 2.34. The number of alkyl halides is 3. The number of hydrogen-bond donors (Lipinski definition) is 2. The third-order valence-corrected chi connectivity index (χ3v) is 4.20. The lowest BCUT2D eigenvalue weighted by Gasteiger charge is -2.12. The fraction of sp³-hybridized carbons (Fsp3) is 0.0952. The second kappa shape index (κ2) is 9.16. The van der Waals surface area contributed by atoms with Crippen LogP contribution in [-0.2, 0) is 12.8 Å². The van der Waals surface area contributed by atoms with E-state index in [1.165, 1.54) is 12.1 Å². The number of nitro benzene ring substituents is 1. The average molecular weight is 431 g/mol. The Balaban J connectivity index is 1.62. The minimum Gasteiger partial charge on any atom is -0.489 e. The van der Waals surface area contributed by atoms with E-state index in [4.69, 9.17) is 4.74 Å². The van der Waals surface area contributed by atoms with Crippen molar-refractivity contribution in [2.75, 3.05) is 5.43 Å². The lowest BCUT2D eigenvalue weighted by Crippen LogP contribution is -2.29. The summed E-state index contributed by atoms with van der Waals surface area (Å²) in [6.45, 7) is 0.294. The SMILES string of the molecule is O=C(NNc1ccc(C(F)(F)F)cc1[N+](=O)[O-])c1ccc(COc2ccccc2)cc1. The van der Waals surface area contributed by atoms with E-state index in [1.54, 1.807) is 12.1 Å². The zero-order valence-corrected chi connectivity index (χ0v) is 15.8. The molecule has 3 rings (SSSR count). The number of halogens is 3. The molecule has 0 radical (unpaired) electrons. The van der Waals surface area contributed by atoms with Crippen molar-refractivity contribution in [1.82, 2.24) is 5.43 Å². The second-order valence-corrected chi connectivity index (χ2v) is 6.36. The summed E-state index contributed by atoms with van der Waals surface area (Å²) in [6, 6.07) is 17.6. The summed E-state index contributed by atoms with van der Waals surface area (Å²) in [7, 11) is 0. The van der Waals surface area contributed by atoms with Crippen LogP contribution < -0.4 is 15.6 Å². The van der Waals surface area contributed by atoms with Gasteiger partial charge < -0.3 is 4.74 Å². The number of anilines is 1. The van der Waals surface area contributed by atoms with Crippen molar-refractivity contribution in [2.45, 2.75) is 12.8 Å². The van der Waals surface area contributed by atoms with E-state index in [-0.39, 0.29) is 11.3 Å². The van der Waals surface area contributed by atoms with Crippen LogP contribution >= 0.6 is 0 Å². The second-order valence-electron chi connectivity index (χ2n) is 6.36. The number of para-hydroxylation sites is 1. The Morgan fingerprint density at radius 1 is 1.00 bits per heavy atom. The molecule has 0 saturated heterocycles. The maximum Gasteiger partial charge on any atom is 0.416 e. The molecule has 0 aliphatic carbocycles. The predicted octanol–water partition coefficient (Wildman–Crippen LogP) is 4.95. The van der Waals surface area contributed by atoms with Crippen LogP contribution in [0.3, 0.4) is 0 Å². The molecule has 0 spiro atoms. The van der Waals surface area contributed by atoms with Crippen molar-refractivity contribution in [1.29, 1.82) is 0 Å². The molecule has 1 amide bonds. The number of ether oxygens (including phenoxy) is 1. The summed E-state index contributed by atoms with van der Waals surface area (Å²) in [5.41, 5.74) is 3.34. The van der Waals surface area contributed by atoms with Crippen LogP contribution in [0.5, 0.6) is 5.75 Å². The normalized spacial score (nSPS) is 10.9. The molecule has 0 atom stereocenters. The molecular formula is C21H16F3N3O4. The molecule has 0 bridgehead atoms. The van der Waals surface area contributed by atoms with Gasteiger partial charge in [0.2, 0.25) is 0 Å². The van der Waals surface area contributed by atoms with E-state index in [1.807, 2.05) is 30.3 Å². The van der Waals surface area contributed by atoms with Gasteiger partial charge in [0.15, 0.2) is 0 Å². The Labute approximate surface area is 174 Å². The van der Waals surface area contributed by atoms with Crippen molar-refractivity contribution < 1.29 is 27.6 Å². The summed E-state index contributed by atoms with van der Waals surface area (Å²) >= 11 is 0. The number of nitrogens with zero attached hydrogens (tertiary/aromatic N) is 1. The molecule has 10 heteroatoms. The smallest absolute Gasteiger partial charge is 0.416 e. The first-order chi connectivity index (χ1) is 14.7. The number of carbonyl (C=O) groups is 1. The van der Waals surface area contributed by atoms with E-state index >= 15 is 0 Å². The molecule has 0 heterocycles. The zero-order valence-electron chi connectivity index (χ0n) is 15.8. The maximum atomic E-state index is 12.8. The molecule has 0 unspecified atom stereocenters. The molecule has 0 aliphatic heterocycles. The highest BCUT2D eigenvalue weighted by atomic mass is 19.4. The summed E-state index contributed by atoms with van der Waals surface area (Å²) in [4.78, 5) is 22.4. The van der Waals surface area contributed by atoms with E-state index in [0.29, 0.717) is 24.5 Å². The fourth-order valence-electron chi connectivity index (χ4n) is 2.60. The topological polar surface area (TPSA) is 93.5 Å². The van der Waals surface area contributed by atoms with Crippen LogP contribution in [0.25, 0.3) is 0 Å². The Bertz CT molecular complexity index is 1070. The number of nitrogens with one attached hydrogen (secondary N) is 2. The van der Waals surface area contributed by atoms with E-state index in [9.17, 15) is 28.1 Å². The first-order valence-electron chi connectivity index (χ1n) is 8.93. The van der Waals surface area contributed by atoms with Gasteiger partial charge in [0.25, 0.3) is 11.6 Å². The molecule has 31 heavy (non-hydrogen) atoms. The first-order valence-corrected chi connectivity index (χ1v) is 8.93. The Kier molecular flexibility index (Phi) is 6.39. The number of hydrogen-bond acceptors (Lipinski definition) is 5. The monoisotopic (exact) mass is 431 g/mol. The van der Waals surface area contributed by atoms with E-state index in [0.717, 1.165) is 11.6 Å². The quantitative estimate of drug-likeness (QED) is 0.408. The first kappa shape index (κ1) is 21.6. The van der Waals surface area contributed by atoms with Crippen LogP contribution in [0.2, 0.25) is 0 Å². The fourth-order valence-corrected chi connectivity index (χ4v) is 2.60. The molecule has 160 valence electrons. The zero-order chi connectivity index (χ0) is 22.4. The van der Waals surface area contributed by atoms with Crippen LogP contribution in [0.1, 0.15) is 21.5 Å². The van der Waals surface area contributed by atoms with Gasteiger partial charge in [-0.05, 0) is 42.0 Å². The van der Waals surface area contributed by atoms with Crippen LogP contribution in [0, 0.1) is 10.1 Å². The van der Waals surface area contributed by atoms with Gasteiger partial charge in [0.05, 0.1) is 10.5 Å². The van der Waals surface area contributed by atoms with Crippen LogP contribution in [0.4, 0.5) is 24.5 Å². The molecule has 7 nitrogen and oxygen atoms in total. The van der Waals surface area contributed by atoms with Crippen molar-refractivity contribution in [3.8, 4) is 5.75 Å². The van der Waals surface area contributed by atoms with E-state index < -0.39 is 28.3 Å². The number of nitro groups is 1. The largest absolute Gasteiger partial charge is 0.489 e. The van der Waals surface area contributed by atoms with Gasteiger partial charge in [-0.1, -0.05) is 30.3 Å². The predicted molar refractivity (Wildman–Crippen MR) is 106 cm³/mol. The van der Waals surface area contributed by atoms with E-state index in [2.05, 4.69) is 10.9 Å². The molecule has 0 saturated carbocycles. The minimum absolute atomic E-state index is 0.241. The molecule has 0 aliphatic rings. The van der Waals surface area contributed by atoms with Crippen molar-refractivity contribution in [3.05, 3.63) is 99.6 Å². The maximum absolute atomic E-state index is 12.8. The molecule has 3 aromatic carbocycles. The highest BCUT2D eigenvalue weighted by molar-refractivity contribution is 5.95.